The van der Waals surface area contributed by atoms with Gasteiger partial charge in [-0.1, -0.05) is 13.3 Å². The van der Waals surface area contributed by atoms with E-state index in [4.69, 9.17) is 5.11 Å². The highest BCUT2D eigenvalue weighted by atomic mass is 16.4. The van der Waals surface area contributed by atoms with Gasteiger partial charge in [-0.2, -0.15) is 0 Å². The Bertz CT molecular complexity index is 915. The van der Waals surface area contributed by atoms with E-state index in [2.05, 4.69) is 26.6 Å². The third-order valence-electron chi connectivity index (χ3n) is 6.09. The van der Waals surface area contributed by atoms with Crippen molar-refractivity contribution >= 4 is 41.5 Å². The second kappa shape index (κ2) is 21.9. The van der Waals surface area contributed by atoms with Crippen LogP contribution in [-0.2, 0) is 33.6 Å². The maximum absolute atomic E-state index is 12.3. The van der Waals surface area contributed by atoms with Gasteiger partial charge in [-0.3, -0.25) is 24.0 Å². The van der Waals surface area contributed by atoms with Crippen molar-refractivity contribution in [2.24, 2.45) is 0 Å². The van der Waals surface area contributed by atoms with Crippen LogP contribution in [-0.4, -0.2) is 106 Å². The number of nitrogens with one attached hydrogen (secondary N) is 5. The number of aliphatic carboxylic acids is 2. The van der Waals surface area contributed by atoms with Crippen LogP contribution in [0.5, 0.6) is 0 Å². The highest BCUT2D eigenvalue weighted by molar-refractivity contribution is 5.85. The van der Waals surface area contributed by atoms with Gasteiger partial charge >= 0.3 is 11.9 Å². The van der Waals surface area contributed by atoms with E-state index in [9.17, 15) is 48.9 Å². The van der Waals surface area contributed by atoms with Gasteiger partial charge in [0.1, 0.15) is 12.1 Å². The second-order valence-electron chi connectivity index (χ2n) is 9.80. The molecule has 0 aromatic carbocycles. The maximum atomic E-state index is 12.3. The fourth-order valence-electron chi connectivity index (χ4n) is 3.70. The molecule has 0 saturated heterocycles. The number of carboxylic acid groups (broad SMARTS) is 2. The Balaban J connectivity index is 4.62. The number of hydrogen-bond acceptors (Lipinski definition) is 9. The van der Waals surface area contributed by atoms with E-state index in [-0.39, 0.29) is 57.3 Å². The number of unbranched alkanes of at least 4 members (excludes halogenated alkanes) is 1. The Morgan fingerprint density at radius 2 is 1.00 bits per heavy atom. The van der Waals surface area contributed by atoms with Crippen LogP contribution < -0.4 is 26.6 Å². The minimum absolute atomic E-state index is 0.0564. The average Bonchev–Trinajstić information content (AvgIpc) is 2.92. The van der Waals surface area contributed by atoms with Crippen LogP contribution in [0, 0.1) is 0 Å². The fourth-order valence-corrected chi connectivity index (χ4v) is 3.70. The van der Waals surface area contributed by atoms with Crippen molar-refractivity contribution in [3.05, 3.63) is 0 Å². The van der Waals surface area contributed by atoms with E-state index in [0.29, 0.717) is 6.54 Å². The quantitative estimate of drug-likeness (QED) is 0.0585. The van der Waals surface area contributed by atoms with Gasteiger partial charge in [0, 0.05) is 39.2 Å². The molecule has 0 aliphatic heterocycles. The summed E-state index contributed by atoms with van der Waals surface area (Å²) in [7, 11) is 0. The van der Waals surface area contributed by atoms with Crippen molar-refractivity contribution in [2.75, 3.05) is 19.8 Å². The Morgan fingerprint density at radius 1 is 0.595 bits per heavy atom. The molecule has 0 spiro atoms. The summed E-state index contributed by atoms with van der Waals surface area (Å²) in [6.45, 7) is 2.72. The lowest BCUT2D eigenvalue weighted by Gasteiger charge is -2.19. The van der Waals surface area contributed by atoms with Gasteiger partial charge in [0.15, 0.2) is 0 Å². The van der Waals surface area contributed by atoms with E-state index in [1.54, 1.807) is 0 Å². The van der Waals surface area contributed by atoms with Gasteiger partial charge in [-0.05, 0) is 32.1 Å². The number of amides is 5. The molecular formula is C26H45N5O11. The molecule has 4 atom stereocenters. The zero-order valence-corrected chi connectivity index (χ0v) is 24.1. The van der Waals surface area contributed by atoms with Crippen LogP contribution in [0.25, 0.3) is 0 Å². The van der Waals surface area contributed by atoms with Crippen molar-refractivity contribution in [1.82, 2.24) is 26.6 Å². The maximum Gasteiger partial charge on any atom is 0.326 e. The summed E-state index contributed by atoms with van der Waals surface area (Å²) >= 11 is 0. The summed E-state index contributed by atoms with van der Waals surface area (Å²) in [5.74, 6) is -5.34. The summed E-state index contributed by atoms with van der Waals surface area (Å²) in [5, 5.41) is 49.7. The van der Waals surface area contributed by atoms with E-state index in [1.165, 1.54) is 0 Å². The zero-order chi connectivity index (χ0) is 32.1. The van der Waals surface area contributed by atoms with Gasteiger partial charge in [0.25, 0.3) is 0 Å². The lowest BCUT2D eigenvalue weighted by atomic mass is 10.1. The largest absolute Gasteiger partial charge is 0.480 e. The first-order valence-electron chi connectivity index (χ1n) is 13.9. The second-order valence-corrected chi connectivity index (χ2v) is 9.80. The molecule has 9 N–H and O–H groups in total. The fraction of sp³-hybridized carbons (Fsp3) is 0.731. The summed E-state index contributed by atoms with van der Waals surface area (Å²) in [6, 6.07) is -4.23. The Morgan fingerprint density at radius 3 is 1.40 bits per heavy atom. The molecule has 240 valence electrons. The molecule has 5 amide bonds. The van der Waals surface area contributed by atoms with Crippen LogP contribution in [0.2, 0.25) is 0 Å². The van der Waals surface area contributed by atoms with E-state index < -0.39 is 72.9 Å². The lowest BCUT2D eigenvalue weighted by molar-refractivity contribution is -0.142. The van der Waals surface area contributed by atoms with E-state index >= 15 is 0 Å². The molecule has 0 aromatic heterocycles. The number of hydrogen-bond donors (Lipinski definition) is 9. The number of aliphatic hydroxyl groups excluding tert-OH is 2. The Labute approximate surface area is 244 Å². The predicted octanol–water partition coefficient (Wildman–Crippen LogP) is -1.86. The van der Waals surface area contributed by atoms with Crippen LogP contribution in [0.3, 0.4) is 0 Å². The molecule has 42 heavy (non-hydrogen) atoms. The zero-order valence-electron chi connectivity index (χ0n) is 24.1. The molecule has 0 aromatic rings. The molecule has 0 fully saturated rings. The normalized spacial score (nSPS) is 13.5. The van der Waals surface area contributed by atoms with Crippen LogP contribution in [0.15, 0.2) is 0 Å². The van der Waals surface area contributed by atoms with Crippen LogP contribution >= 0.6 is 0 Å². The summed E-state index contributed by atoms with van der Waals surface area (Å²) in [5.41, 5.74) is 0. The average molecular weight is 604 g/mol. The molecule has 0 aliphatic rings. The number of carbonyl (C=O) groups excluding carboxylic acids is 5. The van der Waals surface area contributed by atoms with Gasteiger partial charge in [0.05, 0.1) is 25.3 Å². The minimum atomic E-state index is -1.40. The standard InChI is InChI=1S/C26H45N5O11/c1-3-4-13-27-21(35)9-5-17(14-32)29-23(37)12-8-20(26(41)42)31-24(38)10-6-18(15-33)30-22(36)11-7-19(25(39)40)28-16(2)34/h17-20,32-33H,3-15H2,1-2H3,(H,27,35)(H,28,34)(H,29,37)(H,30,36)(H,31,38)(H,39,40)(H,41,42)/t17-,18-,19?,20-/m0/s1. The number of rotatable bonds is 23. The Kier molecular flexibility index (Phi) is 19.9. The molecule has 0 heterocycles. The predicted molar refractivity (Wildman–Crippen MR) is 148 cm³/mol. The van der Waals surface area contributed by atoms with E-state index in [1.807, 2.05) is 6.92 Å². The van der Waals surface area contributed by atoms with Gasteiger partial charge < -0.3 is 47.0 Å². The number of aliphatic hydroxyl groups is 2. The topological polar surface area (TPSA) is 261 Å². The minimum Gasteiger partial charge on any atom is -0.480 e. The van der Waals surface area contributed by atoms with Crippen molar-refractivity contribution in [3.8, 4) is 0 Å². The Hall–Kier alpha value is -3.79. The molecule has 16 nitrogen and oxygen atoms in total. The molecule has 0 aliphatic carbocycles. The summed E-state index contributed by atoms with van der Waals surface area (Å²) in [6.07, 6.45) is 0.739. The third-order valence-corrected chi connectivity index (χ3v) is 6.09. The third kappa shape index (κ3) is 18.5. The molecular weight excluding hydrogens is 558 g/mol. The molecule has 0 saturated carbocycles. The highest BCUT2D eigenvalue weighted by Crippen LogP contribution is 2.05. The van der Waals surface area contributed by atoms with Gasteiger partial charge in [-0.15, -0.1) is 0 Å². The van der Waals surface area contributed by atoms with Crippen molar-refractivity contribution < 1.29 is 54.0 Å². The monoisotopic (exact) mass is 603 g/mol. The first kappa shape index (κ1) is 38.2. The van der Waals surface area contributed by atoms with Crippen molar-refractivity contribution in [3.63, 3.8) is 0 Å². The molecule has 0 rings (SSSR count). The molecule has 16 heteroatoms. The van der Waals surface area contributed by atoms with E-state index in [0.717, 1.165) is 19.8 Å². The first-order chi connectivity index (χ1) is 19.8. The molecule has 0 radical (unpaired) electrons. The molecule has 1 unspecified atom stereocenters. The van der Waals surface area contributed by atoms with Gasteiger partial charge in [0.2, 0.25) is 29.5 Å². The van der Waals surface area contributed by atoms with Crippen molar-refractivity contribution in [1.29, 1.82) is 0 Å². The highest BCUT2D eigenvalue weighted by Gasteiger charge is 2.24. The van der Waals surface area contributed by atoms with Crippen molar-refractivity contribution in [2.45, 2.75) is 102 Å². The SMILES string of the molecule is CCCCNC(=O)CC[C@@H](CO)NC(=O)CC[C@H](NC(=O)CC[C@@H](CO)NC(=O)CCC(NC(C)=O)C(=O)O)C(=O)O. The van der Waals surface area contributed by atoms with Gasteiger partial charge in [-0.25, -0.2) is 9.59 Å². The first-order valence-corrected chi connectivity index (χ1v) is 13.9. The summed E-state index contributed by atoms with van der Waals surface area (Å²) in [4.78, 5) is 82.4. The smallest absolute Gasteiger partial charge is 0.326 e. The summed E-state index contributed by atoms with van der Waals surface area (Å²) < 4.78 is 0. The lowest BCUT2D eigenvalue weighted by Crippen LogP contribution is -2.44. The van der Waals surface area contributed by atoms with Crippen LogP contribution in [0.1, 0.15) is 78.1 Å². The number of carbonyl (C=O) groups is 7. The number of carboxylic acids is 2. The molecule has 0 bridgehead atoms. The van der Waals surface area contributed by atoms with Crippen LogP contribution in [0.4, 0.5) is 0 Å².